The smallest absolute Gasteiger partial charge is 0.306 e. The first-order valence-electron chi connectivity index (χ1n) is 23.4. The molecule has 2 heterocycles. The van der Waals surface area contributed by atoms with Gasteiger partial charge in [0.2, 0.25) is 5.79 Å². The summed E-state index contributed by atoms with van der Waals surface area (Å²) >= 11 is 0. The molecule has 2 rings (SSSR count). The van der Waals surface area contributed by atoms with E-state index in [-0.39, 0.29) is 51.4 Å². The molecule has 0 spiro atoms. The Hall–Kier alpha value is -1.82. The molecule has 0 aliphatic carbocycles. The van der Waals surface area contributed by atoms with E-state index >= 15 is 0 Å². The number of carbonyl (C=O) groups is 2. The Labute approximate surface area is 347 Å². The van der Waals surface area contributed by atoms with Crippen molar-refractivity contribution in [3.63, 3.8) is 0 Å². The Morgan fingerprint density at radius 2 is 1.09 bits per heavy atom. The van der Waals surface area contributed by atoms with Crippen LogP contribution >= 0.6 is 0 Å². The van der Waals surface area contributed by atoms with Gasteiger partial charge in [-0.2, -0.15) is 0 Å². The van der Waals surface area contributed by atoms with Gasteiger partial charge in [0.1, 0.15) is 18.8 Å². The summed E-state index contributed by atoms with van der Waals surface area (Å²) in [6, 6.07) is 0. The van der Waals surface area contributed by atoms with Crippen LogP contribution in [0.15, 0.2) is 24.3 Å². The summed E-state index contributed by atoms with van der Waals surface area (Å²) in [5, 5.41) is 19.2. The second kappa shape index (κ2) is 35.0. The largest absolute Gasteiger partial charge is 0.460 e. The summed E-state index contributed by atoms with van der Waals surface area (Å²) in [4.78, 5) is 25.9. The minimum Gasteiger partial charge on any atom is -0.460 e. The van der Waals surface area contributed by atoms with E-state index in [1.54, 1.807) is 0 Å². The number of esters is 2. The van der Waals surface area contributed by atoms with Crippen molar-refractivity contribution in [2.75, 3.05) is 39.6 Å². The van der Waals surface area contributed by atoms with Crippen LogP contribution < -0.4 is 0 Å². The highest BCUT2D eigenvalue weighted by molar-refractivity contribution is 5.70. The first-order valence-corrected chi connectivity index (χ1v) is 23.4. The SMILES string of the molecule is CCCCCCCC/C=C\CCCCCCCC(=O)OCC1([C@H]2OC[C@H](OCC(O)CO)[C@H]2OC(=O)CCCCCCC/C=C\CCCCCCCC)OCCO1. The summed E-state index contributed by atoms with van der Waals surface area (Å²) in [5.41, 5.74) is 0. The second-order valence-electron chi connectivity index (χ2n) is 16.3. The molecule has 10 heteroatoms. The predicted molar refractivity (Wildman–Crippen MR) is 227 cm³/mol. The fourth-order valence-electron chi connectivity index (χ4n) is 7.47. The fourth-order valence-corrected chi connectivity index (χ4v) is 7.47. The van der Waals surface area contributed by atoms with Gasteiger partial charge in [0.05, 0.1) is 33.0 Å². The van der Waals surface area contributed by atoms with Crippen LogP contribution in [-0.4, -0.2) is 92.0 Å². The van der Waals surface area contributed by atoms with Gasteiger partial charge in [-0.25, -0.2) is 0 Å². The van der Waals surface area contributed by atoms with Gasteiger partial charge in [0, 0.05) is 12.8 Å². The van der Waals surface area contributed by atoms with Gasteiger partial charge in [0.25, 0.3) is 0 Å². The summed E-state index contributed by atoms with van der Waals surface area (Å²) in [6.45, 7) is 4.30. The molecule has 2 saturated heterocycles. The number of hydrogen-bond acceptors (Lipinski definition) is 10. The highest BCUT2D eigenvalue weighted by atomic mass is 16.8. The van der Waals surface area contributed by atoms with Crippen molar-refractivity contribution in [1.29, 1.82) is 0 Å². The minimum absolute atomic E-state index is 0.0610. The number of allylic oxidation sites excluding steroid dienone is 4. The molecule has 332 valence electrons. The third-order valence-electron chi connectivity index (χ3n) is 11.0. The average Bonchev–Trinajstić information content (AvgIpc) is 3.86. The number of unbranched alkanes of at least 4 members (excludes halogenated alkanes) is 22. The molecule has 2 aliphatic rings. The minimum atomic E-state index is -1.44. The molecule has 2 N–H and O–H groups in total. The normalized spacial score (nSPS) is 19.9. The maximum absolute atomic E-state index is 13.1. The zero-order valence-electron chi connectivity index (χ0n) is 36.3. The van der Waals surface area contributed by atoms with Gasteiger partial charge >= 0.3 is 11.9 Å². The van der Waals surface area contributed by atoms with E-state index in [1.807, 2.05) is 0 Å². The molecule has 0 radical (unpaired) electrons. The lowest BCUT2D eigenvalue weighted by Crippen LogP contribution is -2.55. The van der Waals surface area contributed by atoms with E-state index in [9.17, 15) is 19.8 Å². The lowest BCUT2D eigenvalue weighted by Gasteiger charge is -2.35. The number of ether oxygens (including phenoxy) is 6. The summed E-state index contributed by atoms with van der Waals surface area (Å²) in [5.74, 6) is -2.15. The molecule has 1 unspecified atom stereocenters. The van der Waals surface area contributed by atoms with Crippen LogP contribution in [0.5, 0.6) is 0 Å². The topological polar surface area (TPSA) is 130 Å². The highest BCUT2D eigenvalue weighted by Gasteiger charge is 2.57. The Morgan fingerprint density at radius 1 is 0.649 bits per heavy atom. The first-order chi connectivity index (χ1) is 28.0. The Bertz CT molecular complexity index is 1030. The van der Waals surface area contributed by atoms with Crippen molar-refractivity contribution >= 4 is 11.9 Å². The number of aliphatic hydroxyl groups is 2. The molecule has 2 aliphatic heterocycles. The van der Waals surface area contributed by atoms with Crippen molar-refractivity contribution in [2.45, 2.75) is 224 Å². The average molecular weight is 809 g/mol. The van der Waals surface area contributed by atoms with Gasteiger partial charge < -0.3 is 38.6 Å². The van der Waals surface area contributed by atoms with E-state index in [0.717, 1.165) is 64.2 Å². The number of carbonyl (C=O) groups excluding carboxylic acids is 2. The van der Waals surface area contributed by atoms with E-state index < -0.39 is 36.8 Å². The van der Waals surface area contributed by atoms with E-state index in [4.69, 9.17) is 28.4 Å². The van der Waals surface area contributed by atoms with Gasteiger partial charge in [-0.15, -0.1) is 0 Å². The highest BCUT2D eigenvalue weighted by Crippen LogP contribution is 2.36. The summed E-state index contributed by atoms with van der Waals surface area (Å²) in [7, 11) is 0. The van der Waals surface area contributed by atoms with E-state index in [2.05, 4.69) is 38.2 Å². The van der Waals surface area contributed by atoms with E-state index in [1.165, 1.54) is 96.3 Å². The lowest BCUT2D eigenvalue weighted by molar-refractivity contribution is -0.261. The Morgan fingerprint density at radius 3 is 1.56 bits per heavy atom. The van der Waals surface area contributed by atoms with Crippen molar-refractivity contribution in [3.8, 4) is 0 Å². The fraction of sp³-hybridized carbons (Fsp3) is 0.872. The predicted octanol–water partition coefficient (Wildman–Crippen LogP) is 10.4. The molecular formula is C47H84O10. The molecule has 0 aromatic rings. The Balaban J connectivity index is 1.70. The maximum Gasteiger partial charge on any atom is 0.306 e. The van der Waals surface area contributed by atoms with Gasteiger partial charge in [0.15, 0.2) is 12.2 Å². The summed E-state index contributed by atoms with van der Waals surface area (Å²) in [6.07, 6.45) is 36.9. The van der Waals surface area contributed by atoms with Crippen molar-refractivity contribution in [3.05, 3.63) is 24.3 Å². The maximum atomic E-state index is 13.1. The van der Waals surface area contributed by atoms with Crippen molar-refractivity contribution in [2.24, 2.45) is 0 Å². The molecule has 0 amide bonds. The van der Waals surface area contributed by atoms with Crippen LogP contribution in [0.4, 0.5) is 0 Å². The zero-order chi connectivity index (χ0) is 41.1. The molecule has 0 saturated carbocycles. The van der Waals surface area contributed by atoms with Crippen LogP contribution in [0, 0.1) is 0 Å². The first kappa shape index (κ1) is 51.3. The van der Waals surface area contributed by atoms with Crippen LogP contribution in [0.25, 0.3) is 0 Å². The second-order valence-corrected chi connectivity index (χ2v) is 16.3. The number of aliphatic hydroxyl groups excluding tert-OH is 2. The monoisotopic (exact) mass is 809 g/mol. The van der Waals surface area contributed by atoms with Crippen LogP contribution in [0.1, 0.15) is 194 Å². The van der Waals surface area contributed by atoms with Crippen LogP contribution in [-0.2, 0) is 38.0 Å². The third kappa shape index (κ3) is 24.8. The van der Waals surface area contributed by atoms with Crippen molar-refractivity contribution in [1.82, 2.24) is 0 Å². The van der Waals surface area contributed by atoms with Gasteiger partial charge in [-0.05, 0) is 64.2 Å². The molecule has 0 aromatic heterocycles. The standard InChI is InChI=1S/C47H84O10/c1-3-5-7-9-11-13-15-17-19-21-23-25-27-29-31-33-43(50)54-40-47(55-35-36-56-47)46-45(42(39-53-46)52-38-41(49)37-48)57-44(51)34-32-30-28-26-24-22-20-18-16-14-12-10-8-6-4-2/h17-20,41-42,45-46,48-49H,3-16,21-40H2,1-2H3/b19-17-,20-18-/t41?,42-,45+,46-/m0/s1. The van der Waals surface area contributed by atoms with E-state index in [0.29, 0.717) is 12.8 Å². The van der Waals surface area contributed by atoms with Gasteiger partial charge in [-0.3, -0.25) is 9.59 Å². The molecule has 0 bridgehead atoms. The molecule has 0 aromatic carbocycles. The summed E-state index contributed by atoms with van der Waals surface area (Å²) < 4.78 is 35.7. The number of hydrogen-bond donors (Lipinski definition) is 2. The van der Waals surface area contributed by atoms with Crippen molar-refractivity contribution < 1.29 is 48.2 Å². The third-order valence-corrected chi connectivity index (χ3v) is 11.0. The quantitative estimate of drug-likeness (QED) is 0.0353. The van der Waals surface area contributed by atoms with Crippen LogP contribution in [0.2, 0.25) is 0 Å². The van der Waals surface area contributed by atoms with Gasteiger partial charge in [-0.1, -0.05) is 141 Å². The zero-order valence-corrected chi connectivity index (χ0v) is 36.3. The molecule has 10 nitrogen and oxygen atoms in total. The molecule has 57 heavy (non-hydrogen) atoms. The number of rotatable bonds is 38. The Kier molecular flexibility index (Phi) is 31.5. The lowest BCUT2D eigenvalue weighted by atomic mass is 10.0. The molecule has 4 atom stereocenters. The molecule has 2 fully saturated rings. The molecular weight excluding hydrogens is 725 g/mol. The van der Waals surface area contributed by atoms with Crippen LogP contribution in [0.3, 0.4) is 0 Å².